The topological polar surface area (TPSA) is 53.3 Å². The first kappa shape index (κ1) is 17.9. The lowest BCUT2D eigenvalue weighted by molar-refractivity contribution is 0.145. The summed E-state index contributed by atoms with van der Waals surface area (Å²) in [5.41, 5.74) is 2.71. The lowest BCUT2D eigenvalue weighted by Gasteiger charge is -2.31. The molecule has 1 atom stereocenters. The Balaban J connectivity index is 1.62. The van der Waals surface area contributed by atoms with Gasteiger partial charge in [-0.05, 0) is 37.0 Å². The van der Waals surface area contributed by atoms with E-state index < -0.39 is 0 Å². The molecule has 1 aromatic heterocycles. The van der Waals surface area contributed by atoms with E-state index in [-0.39, 0.29) is 18.0 Å². The number of rotatable bonds is 6. The first-order valence-corrected chi connectivity index (χ1v) is 9.00. The summed E-state index contributed by atoms with van der Waals surface area (Å²) in [7, 11) is 1.91. The predicted octanol–water partition coefficient (Wildman–Crippen LogP) is 2.76. The Morgan fingerprint density at radius 1 is 1.36 bits per heavy atom. The highest BCUT2D eigenvalue weighted by Gasteiger charge is 2.20. The molecule has 2 heterocycles. The molecule has 0 saturated carbocycles. The van der Waals surface area contributed by atoms with Crippen molar-refractivity contribution in [3.63, 3.8) is 0 Å². The molecule has 0 amide bonds. The fraction of sp³-hybridized carbons (Fsp3) is 0.526. The van der Waals surface area contributed by atoms with Gasteiger partial charge >= 0.3 is 0 Å². The standard InChI is InChI=1S/C19H27FN4O/c1-3-18(15-12-22-23(2)13-15)21-11-14-4-5-19(17(20)10-14)24-8-6-16(25)7-9-24/h4-5,10,12-13,16,18,21,25H,3,6-9,11H2,1-2H3. The lowest BCUT2D eigenvalue weighted by atomic mass is 10.1. The van der Waals surface area contributed by atoms with Crippen molar-refractivity contribution in [2.45, 2.75) is 44.9 Å². The van der Waals surface area contributed by atoms with Gasteiger partial charge in [0, 0.05) is 44.5 Å². The summed E-state index contributed by atoms with van der Waals surface area (Å²) < 4.78 is 16.3. The van der Waals surface area contributed by atoms with Crippen LogP contribution < -0.4 is 10.2 Å². The van der Waals surface area contributed by atoms with Crippen LogP contribution in [0, 0.1) is 5.82 Å². The average molecular weight is 346 g/mol. The Hall–Kier alpha value is -1.92. The van der Waals surface area contributed by atoms with Gasteiger partial charge in [0.2, 0.25) is 0 Å². The maximum absolute atomic E-state index is 14.5. The molecule has 1 aromatic carbocycles. The number of aromatic nitrogens is 2. The third-order valence-electron chi connectivity index (χ3n) is 4.91. The fourth-order valence-corrected chi connectivity index (χ4v) is 3.38. The van der Waals surface area contributed by atoms with Crippen molar-refractivity contribution in [1.29, 1.82) is 0 Å². The zero-order valence-corrected chi connectivity index (χ0v) is 15.0. The number of nitrogens with one attached hydrogen (secondary N) is 1. The molecule has 0 spiro atoms. The Morgan fingerprint density at radius 2 is 2.12 bits per heavy atom. The van der Waals surface area contributed by atoms with Crippen LogP contribution >= 0.6 is 0 Å². The summed E-state index contributed by atoms with van der Waals surface area (Å²) in [6.45, 7) is 4.14. The predicted molar refractivity (Wildman–Crippen MR) is 96.9 cm³/mol. The molecule has 25 heavy (non-hydrogen) atoms. The van der Waals surface area contributed by atoms with E-state index in [4.69, 9.17) is 0 Å². The number of anilines is 1. The second-order valence-corrected chi connectivity index (χ2v) is 6.79. The molecule has 1 aliphatic rings. The number of hydrogen-bond donors (Lipinski definition) is 2. The van der Waals surface area contributed by atoms with Gasteiger partial charge in [-0.25, -0.2) is 4.39 Å². The largest absolute Gasteiger partial charge is 0.393 e. The smallest absolute Gasteiger partial charge is 0.146 e. The van der Waals surface area contributed by atoms with E-state index in [1.54, 1.807) is 10.7 Å². The van der Waals surface area contributed by atoms with E-state index in [0.717, 1.165) is 17.5 Å². The lowest BCUT2D eigenvalue weighted by Crippen LogP contribution is -2.36. The van der Waals surface area contributed by atoms with Crippen molar-refractivity contribution in [3.05, 3.63) is 47.5 Å². The number of halogens is 1. The summed E-state index contributed by atoms with van der Waals surface area (Å²) in [4.78, 5) is 2.02. The third-order valence-corrected chi connectivity index (χ3v) is 4.91. The molecule has 3 rings (SSSR count). The number of hydrogen-bond acceptors (Lipinski definition) is 4. The normalized spacial score (nSPS) is 17.0. The summed E-state index contributed by atoms with van der Waals surface area (Å²) in [5.74, 6) is -0.190. The van der Waals surface area contributed by atoms with E-state index in [9.17, 15) is 9.50 Å². The second kappa shape index (κ2) is 7.97. The Labute approximate surface area is 148 Å². The minimum Gasteiger partial charge on any atom is -0.393 e. The molecule has 0 bridgehead atoms. The van der Waals surface area contributed by atoms with Gasteiger partial charge in [-0.3, -0.25) is 4.68 Å². The summed E-state index contributed by atoms with van der Waals surface area (Å²) in [6.07, 6.45) is 5.98. The van der Waals surface area contributed by atoms with Gasteiger partial charge < -0.3 is 15.3 Å². The molecular weight excluding hydrogens is 319 g/mol. The Bertz CT molecular complexity index is 694. The first-order chi connectivity index (χ1) is 12.1. The van der Waals surface area contributed by atoms with Crippen molar-refractivity contribution < 1.29 is 9.50 Å². The molecule has 1 aliphatic heterocycles. The summed E-state index contributed by atoms with van der Waals surface area (Å²) in [5, 5.41) is 17.3. The van der Waals surface area contributed by atoms with E-state index in [1.165, 1.54) is 0 Å². The fourth-order valence-electron chi connectivity index (χ4n) is 3.38. The van der Waals surface area contributed by atoms with Crippen molar-refractivity contribution in [2.75, 3.05) is 18.0 Å². The second-order valence-electron chi connectivity index (χ2n) is 6.79. The highest BCUT2D eigenvalue weighted by molar-refractivity contribution is 5.49. The quantitative estimate of drug-likeness (QED) is 0.844. The molecule has 2 N–H and O–H groups in total. The zero-order chi connectivity index (χ0) is 17.8. The van der Waals surface area contributed by atoms with Crippen LogP contribution in [0.5, 0.6) is 0 Å². The van der Waals surface area contributed by atoms with Crippen molar-refractivity contribution in [3.8, 4) is 0 Å². The van der Waals surface area contributed by atoms with E-state index in [0.29, 0.717) is 38.2 Å². The van der Waals surface area contributed by atoms with Crippen LogP contribution in [0.3, 0.4) is 0 Å². The number of aliphatic hydroxyl groups is 1. The third kappa shape index (κ3) is 4.38. The van der Waals surface area contributed by atoms with Gasteiger partial charge in [0.1, 0.15) is 5.82 Å². The highest BCUT2D eigenvalue weighted by Crippen LogP contribution is 2.25. The van der Waals surface area contributed by atoms with Gasteiger partial charge in [0.15, 0.2) is 0 Å². The number of aryl methyl sites for hydroxylation is 1. The zero-order valence-electron chi connectivity index (χ0n) is 15.0. The average Bonchev–Trinajstić information content (AvgIpc) is 3.03. The molecule has 136 valence electrons. The minimum atomic E-state index is -0.249. The highest BCUT2D eigenvalue weighted by atomic mass is 19.1. The van der Waals surface area contributed by atoms with Crippen LogP contribution in [0.1, 0.15) is 43.4 Å². The summed E-state index contributed by atoms with van der Waals surface area (Å²) >= 11 is 0. The van der Waals surface area contributed by atoms with Gasteiger partial charge in [0.25, 0.3) is 0 Å². The van der Waals surface area contributed by atoms with Crippen LogP contribution in [0.2, 0.25) is 0 Å². The van der Waals surface area contributed by atoms with Crippen LogP contribution in [0.25, 0.3) is 0 Å². The molecular formula is C19H27FN4O. The van der Waals surface area contributed by atoms with Crippen molar-refractivity contribution in [2.24, 2.45) is 7.05 Å². The van der Waals surface area contributed by atoms with Crippen molar-refractivity contribution >= 4 is 5.69 Å². The molecule has 6 heteroatoms. The van der Waals surface area contributed by atoms with Crippen LogP contribution in [-0.2, 0) is 13.6 Å². The maximum atomic E-state index is 14.5. The number of aliphatic hydroxyl groups excluding tert-OH is 1. The summed E-state index contributed by atoms with van der Waals surface area (Å²) in [6, 6.07) is 5.66. The molecule has 2 aromatic rings. The van der Waals surface area contributed by atoms with E-state index in [1.807, 2.05) is 36.5 Å². The maximum Gasteiger partial charge on any atom is 0.146 e. The molecule has 1 saturated heterocycles. The SMILES string of the molecule is CCC(NCc1ccc(N2CCC(O)CC2)c(F)c1)c1cnn(C)c1. The molecule has 1 unspecified atom stereocenters. The molecule has 5 nitrogen and oxygen atoms in total. The van der Waals surface area contributed by atoms with Gasteiger partial charge in [-0.2, -0.15) is 5.10 Å². The van der Waals surface area contributed by atoms with Gasteiger partial charge in [0.05, 0.1) is 18.0 Å². The van der Waals surface area contributed by atoms with Crippen molar-refractivity contribution in [1.82, 2.24) is 15.1 Å². The number of benzene rings is 1. The van der Waals surface area contributed by atoms with E-state index in [2.05, 4.69) is 17.3 Å². The molecule has 0 aliphatic carbocycles. The monoisotopic (exact) mass is 346 g/mol. The van der Waals surface area contributed by atoms with Crippen LogP contribution in [0.4, 0.5) is 10.1 Å². The van der Waals surface area contributed by atoms with E-state index >= 15 is 0 Å². The minimum absolute atomic E-state index is 0.190. The van der Waals surface area contributed by atoms with Crippen LogP contribution in [-0.4, -0.2) is 34.1 Å². The molecule has 0 radical (unpaired) electrons. The Morgan fingerprint density at radius 3 is 2.72 bits per heavy atom. The Kier molecular flexibility index (Phi) is 5.71. The van der Waals surface area contributed by atoms with Gasteiger partial charge in [-0.15, -0.1) is 0 Å². The number of nitrogens with zero attached hydrogens (tertiary/aromatic N) is 3. The number of piperidine rings is 1. The first-order valence-electron chi connectivity index (χ1n) is 9.00. The molecule has 1 fully saturated rings. The van der Waals surface area contributed by atoms with Crippen LogP contribution in [0.15, 0.2) is 30.6 Å². The van der Waals surface area contributed by atoms with Gasteiger partial charge in [-0.1, -0.05) is 13.0 Å².